The molecule has 16 heavy (non-hydrogen) atoms. The zero-order valence-electron chi connectivity index (χ0n) is 9.55. The molecule has 0 bridgehead atoms. The van der Waals surface area contributed by atoms with E-state index >= 15 is 0 Å². The van der Waals surface area contributed by atoms with Gasteiger partial charge in [0.25, 0.3) is 0 Å². The Labute approximate surface area is 94.3 Å². The largest absolute Gasteiger partial charge is 0.480 e. The molecule has 3 unspecified atom stereocenters. The van der Waals surface area contributed by atoms with Gasteiger partial charge in [0.15, 0.2) is 0 Å². The molecular weight excluding hydrogens is 212 g/mol. The van der Waals surface area contributed by atoms with Gasteiger partial charge in [-0.1, -0.05) is 6.92 Å². The summed E-state index contributed by atoms with van der Waals surface area (Å²) in [4.78, 5) is 24.2. The first-order valence-corrected chi connectivity index (χ1v) is 5.27. The molecule has 3 atom stereocenters. The van der Waals surface area contributed by atoms with E-state index in [0.29, 0.717) is 13.0 Å². The summed E-state index contributed by atoms with van der Waals surface area (Å²) in [6.45, 7) is 2.25. The number of ether oxygens (including phenoxy) is 1. The van der Waals surface area contributed by atoms with Crippen LogP contribution in [0.1, 0.15) is 13.3 Å². The highest BCUT2D eigenvalue weighted by molar-refractivity contribution is 5.85. The van der Waals surface area contributed by atoms with E-state index in [-0.39, 0.29) is 24.5 Å². The number of hydrogen-bond acceptors (Lipinski definition) is 4. The fourth-order valence-corrected chi connectivity index (χ4v) is 1.83. The molecule has 1 aliphatic heterocycles. The smallest absolute Gasteiger partial charge is 0.326 e. The fourth-order valence-electron chi connectivity index (χ4n) is 1.83. The van der Waals surface area contributed by atoms with Crippen molar-refractivity contribution in [3.8, 4) is 0 Å². The van der Waals surface area contributed by atoms with Gasteiger partial charge in [0.2, 0.25) is 5.91 Å². The maximum atomic E-state index is 11.9. The van der Waals surface area contributed by atoms with Crippen molar-refractivity contribution in [1.29, 1.82) is 0 Å². The number of aliphatic carboxylic acids is 1. The van der Waals surface area contributed by atoms with Crippen LogP contribution in [-0.2, 0) is 14.3 Å². The number of carbonyl (C=O) groups is 2. The Kier molecular flexibility index (Phi) is 4.26. The molecule has 1 heterocycles. The van der Waals surface area contributed by atoms with Crippen LogP contribution < -0.4 is 5.73 Å². The molecule has 0 aliphatic carbocycles. The number of likely N-dealkylation sites (tertiary alicyclic amines) is 1. The molecular formula is C10H18N2O4. The SMILES string of the molecule is COC1CC(C(=O)O)N(C(=O)C(C)CN)C1. The number of nitrogens with zero attached hydrogens (tertiary/aromatic N) is 1. The molecule has 0 saturated carbocycles. The lowest BCUT2D eigenvalue weighted by Gasteiger charge is -2.24. The van der Waals surface area contributed by atoms with E-state index in [0.717, 1.165) is 0 Å². The van der Waals surface area contributed by atoms with E-state index in [9.17, 15) is 9.59 Å². The number of amides is 1. The van der Waals surface area contributed by atoms with E-state index in [1.54, 1.807) is 6.92 Å². The summed E-state index contributed by atoms with van der Waals surface area (Å²) in [6, 6.07) is -0.786. The van der Waals surface area contributed by atoms with Gasteiger partial charge in [-0.25, -0.2) is 4.79 Å². The second-order valence-electron chi connectivity index (χ2n) is 4.07. The first-order valence-electron chi connectivity index (χ1n) is 5.27. The van der Waals surface area contributed by atoms with E-state index in [4.69, 9.17) is 15.6 Å². The lowest BCUT2D eigenvalue weighted by molar-refractivity contribution is -0.149. The minimum atomic E-state index is -0.989. The zero-order valence-corrected chi connectivity index (χ0v) is 9.55. The average Bonchev–Trinajstić information content (AvgIpc) is 2.71. The quantitative estimate of drug-likeness (QED) is 0.665. The summed E-state index contributed by atoms with van der Waals surface area (Å²) in [5.74, 6) is -1.55. The Bertz CT molecular complexity index is 282. The number of carboxylic acids is 1. The Balaban J connectivity index is 2.76. The summed E-state index contributed by atoms with van der Waals surface area (Å²) in [5, 5.41) is 9.02. The minimum Gasteiger partial charge on any atom is -0.480 e. The maximum absolute atomic E-state index is 11.9. The Hall–Kier alpha value is -1.14. The fraction of sp³-hybridized carbons (Fsp3) is 0.800. The molecule has 3 N–H and O–H groups in total. The summed E-state index contributed by atoms with van der Waals surface area (Å²) < 4.78 is 5.10. The molecule has 0 aromatic rings. The summed E-state index contributed by atoms with van der Waals surface area (Å²) in [5.41, 5.74) is 5.40. The molecule has 1 amide bonds. The Morgan fingerprint density at radius 3 is 2.69 bits per heavy atom. The number of hydrogen-bond donors (Lipinski definition) is 2. The second kappa shape index (κ2) is 5.27. The van der Waals surface area contributed by atoms with Crippen molar-refractivity contribution in [2.24, 2.45) is 11.7 Å². The summed E-state index contributed by atoms with van der Waals surface area (Å²) in [6.07, 6.45) is 0.143. The van der Waals surface area contributed by atoms with Gasteiger partial charge in [0, 0.05) is 32.5 Å². The number of carboxylic acid groups (broad SMARTS) is 1. The van der Waals surface area contributed by atoms with Gasteiger partial charge in [-0.05, 0) is 0 Å². The molecule has 0 spiro atoms. The molecule has 6 heteroatoms. The van der Waals surface area contributed by atoms with Crippen molar-refractivity contribution < 1.29 is 19.4 Å². The first-order chi connectivity index (χ1) is 7.51. The first kappa shape index (κ1) is 12.9. The van der Waals surface area contributed by atoms with Crippen molar-refractivity contribution in [2.45, 2.75) is 25.5 Å². The summed E-state index contributed by atoms with van der Waals surface area (Å²) >= 11 is 0. The number of nitrogens with two attached hydrogens (primary N) is 1. The van der Waals surface area contributed by atoms with E-state index < -0.39 is 12.0 Å². The molecule has 6 nitrogen and oxygen atoms in total. The van der Waals surface area contributed by atoms with Gasteiger partial charge >= 0.3 is 5.97 Å². The van der Waals surface area contributed by atoms with Crippen LogP contribution in [0.4, 0.5) is 0 Å². The van der Waals surface area contributed by atoms with Crippen molar-refractivity contribution in [3.05, 3.63) is 0 Å². The number of carbonyl (C=O) groups excluding carboxylic acids is 1. The average molecular weight is 230 g/mol. The molecule has 0 aromatic carbocycles. The van der Waals surface area contributed by atoms with Crippen molar-refractivity contribution >= 4 is 11.9 Å². The molecule has 1 saturated heterocycles. The van der Waals surface area contributed by atoms with Crippen LogP contribution in [0.3, 0.4) is 0 Å². The van der Waals surface area contributed by atoms with E-state index in [1.165, 1.54) is 12.0 Å². The van der Waals surface area contributed by atoms with E-state index in [2.05, 4.69) is 0 Å². The van der Waals surface area contributed by atoms with Crippen LogP contribution in [0.25, 0.3) is 0 Å². The standard InChI is InChI=1S/C10H18N2O4/c1-6(4-11)9(13)12-5-7(16-2)3-8(12)10(14)15/h6-8H,3-5,11H2,1-2H3,(H,14,15). The van der Waals surface area contributed by atoms with Crippen LogP contribution in [0, 0.1) is 5.92 Å². The van der Waals surface area contributed by atoms with Crippen LogP contribution >= 0.6 is 0 Å². The lowest BCUT2D eigenvalue weighted by Crippen LogP contribution is -2.44. The van der Waals surface area contributed by atoms with Gasteiger partial charge in [0.05, 0.1) is 6.10 Å². The molecule has 1 aliphatic rings. The van der Waals surface area contributed by atoms with E-state index in [1.807, 2.05) is 0 Å². The highest BCUT2D eigenvalue weighted by Crippen LogP contribution is 2.22. The predicted molar refractivity (Wildman–Crippen MR) is 56.8 cm³/mol. The van der Waals surface area contributed by atoms with Gasteiger partial charge in [0.1, 0.15) is 6.04 Å². The van der Waals surface area contributed by atoms with Crippen molar-refractivity contribution in [1.82, 2.24) is 4.90 Å². The molecule has 1 fully saturated rings. The topological polar surface area (TPSA) is 92.9 Å². The van der Waals surface area contributed by atoms with Crippen LogP contribution in [0.5, 0.6) is 0 Å². The Morgan fingerprint density at radius 1 is 1.62 bits per heavy atom. The predicted octanol–water partition coefficient (Wildman–Crippen LogP) is -0.718. The third-order valence-electron chi connectivity index (χ3n) is 2.94. The lowest BCUT2D eigenvalue weighted by atomic mass is 10.1. The van der Waals surface area contributed by atoms with Gasteiger partial charge in [-0.3, -0.25) is 4.79 Å². The normalized spacial score (nSPS) is 26.8. The van der Waals surface area contributed by atoms with Gasteiger partial charge in [-0.2, -0.15) is 0 Å². The highest BCUT2D eigenvalue weighted by Gasteiger charge is 2.40. The number of methoxy groups -OCH3 is 1. The third-order valence-corrected chi connectivity index (χ3v) is 2.94. The molecule has 0 aromatic heterocycles. The van der Waals surface area contributed by atoms with Crippen molar-refractivity contribution in [3.63, 3.8) is 0 Å². The van der Waals surface area contributed by atoms with Gasteiger partial charge in [-0.15, -0.1) is 0 Å². The van der Waals surface area contributed by atoms with Crippen LogP contribution in [0.15, 0.2) is 0 Å². The molecule has 92 valence electrons. The summed E-state index contributed by atoms with van der Waals surface area (Å²) in [7, 11) is 1.52. The van der Waals surface area contributed by atoms with Crippen LogP contribution in [-0.4, -0.2) is 54.2 Å². The molecule has 1 rings (SSSR count). The van der Waals surface area contributed by atoms with Gasteiger partial charge < -0.3 is 20.5 Å². The third kappa shape index (κ3) is 2.51. The Morgan fingerprint density at radius 2 is 2.25 bits per heavy atom. The molecule has 0 radical (unpaired) electrons. The maximum Gasteiger partial charge on any atom is 0.326 e. The highest BCUT2D eigenvalue weighted by atomic mass is 16.5. The van der Waals surface area contributed by atoms with Crippen molar-refractivity contribution in [2.75, 3.05) is 20.2 Å². The van der Waals surface area contributed by atoms with Crippen LogP contribution in [0.2, 0.25) is 0 Å². The second-order valence-corrected chi connectivity index (χ2v) is 4.07. The number of rotatable bonds is 4. The zero-order chi connectivity index (χ0) is 12.3. The monoisotopic (exact) mass is 230 g/mol. The minimum absolute atomic E-state index is 0.199.